The minimum absolute atomic E-state index is 0.0183. The quantitative estimate of drug-likeness (QED) is 0.513. The van der Waals surface area contributed by atoms with Gasteiger partial charge < -0.3 is 5.11 Å². The van der Waals surface area contributed by atoms with E-state index in [4.69, 9.17) is 6.42 Å². The fraction of sp³-hybridized carbons (Fsp3) is 0.0870. The molecule has 0 aliphatic heterocycles. The lowest BCUT2D eigenvalue weighted by atomic mass is 10.0. The van der Waals surface area contributed by atoms with Crippen LogP contribution in [-0.2, 0) is 6.54 Å². The normalized spacial score (nSPS) is 10.8. The van der Waals surface area contributed by atoms with Crippen molar-refractivity contribution < 1.29 is 5.11 Å². The zero-order valence-electron chi connectivity index (χ0n) is 14.8. The number of terminal acetylenes is 1. The molecule has 0 fully saturated rings. The minimum Gasteiger partial charge on any atom is -0.506 e. The predicted octanol–water partition coefficient (Wildman–Crippen LogP) is 5.04. The topological polar surface area (TPSA) is 42.2 Å². The number of benzene rings is 2. The first kappa shape index (κ1) is 17.1. The van der Waals surface area contributed by atoms with Crippen LogP contribution in [0.15, 0.2) is 65.5 Å². The molecule has 2 aromatic carbocycles. The second-order valence-corrected chi connectivity index (χ2v) is 7.38. The summed E-state index contributed by atoms with van der Waals surface area (Å²) in [5.74, 6) is 2.58. The minimum atomic E-state index is -0.273. The molecule has 4 rings (SSSR count). The third-order valence-corrected chi connectivity index (χ3v) is 5.82. The van der Waals surface area contributed by atoms with E-state index < -0.39 is 0 Å². The lowest BCUT2D eigenvalue weighted by Crippen LogP contribution is -2.21. The van der Waals surface area contributed by atoms with Gasteiger partial charge in [-0.15, -0.1) is 17.8 Å². The van der Waals surface area contributed by atoms with Crippen LogP contribution in [0.5, 0.6) is 5.75 Å². The standard InChI is InChI=1S/C23H17NO2S/c1-3-13-24-18-14-19(16-10-5-4-6-11-16)27-22(18)21(25)20(23(24)26)17-12-8-7-9-15(17)2/h1,4-12,14,25H,13H2,2H3. The van der Waals surface area contributed by atoms with E-state index in [-0.39, 0.29) is 17.9 Å². The van der Waals surface area contributed by atoms with E-state index in [1.807, 2.05) is 67.6 Å². The maximum Gasteiger partial charge on any atom is 0.263 e. The summed E-state index contributed by atoms with van der Waals surface area (Å²) in [5, 5.41) is 11.0. The zero-order valence-corrected chi connectivity index (χ0v) is 15.6. The highest BCUT2D eigenvalue weighted by atomic mass is 32.1. The number of aromatic nitrogens is 1. The molecule has 27 heavy (non-hydrogen) atoms. The molecule has 3 nitrogen and oxygen atoms in total. The molecule has 132 valence electrons. The Morgan fingerprint density at radius 2 is 1.81 bits per heavy atom. The van der Waals surface area contributed by atoms with E-state index >= 15 is 0 Å². The monoisotopic (exact) mass is 371 g/mol. The highest BCUT2D eigenvalue weighted by Gasteiger charge is 2.21. The SMILES string of the molecule is C#CCn1c(=O)c(-c2ccccc2C)c(O)c2sc(-c3ccccc3)cc21. The van der Waals surface area contributed by atoms with Crippen LogP contribution in [0.25, 0.3) is 31.8 Å². The summed E-state index contributed by atoms with van der Waals surface area (Å²) in [5.41, 5.74) is 3.38. The number of pyridine rings is 1. The summed E-state index contributed by atoms with van der Waals surface area (Å²) in [7, 11) is 0. The number of hydrogen-bond donors (Lipinski definition) is 1. The van der Waals surface area contributed by atoms with Crippen LogP contribution >= 0.6 is 11.3 Å². The molecule has 2 heterocycles. The summed E-state index contributed by atoms with van der Waals surface area (Å²) >= 11 is 1.46. The van der Waals surface area contributed by atoms with Crippen LogP contribution in [0.2, 0.25) is 0 Å². The smallest absolute Gasteiger partial charge is 0.263 e. The van der Waals surface area contributed by atoms with E-state index in [1.54, 1.807) is 4.57 Å². The number of nitrogens with zero attached hydrogens (tertiary/aromatic N) is 1. The first-order valence-electron chi connectivity index (χ1n) is 8.56. The van der Waals surface area contributed by atoms with Crippen molar-refractivity contribution >= 4 is 21.6 Å². The number of rotatable bonds is 3. The van der Waals surface area contributed by atoms with E-state index in [2.05, 4.69) is 5.92 Å². The summed E-state index contributed by atoms with van der Waals surface area (Å²) in [6.07, 6.45) is 5.53. The largest absolute Gasteiger partial charge is 0.506 e. The number of hydrogen-bond acceptors (Lipinski definition) is 3. The van der Waals surface area contributed by atoms with Crippen LogP contribution < -0.4 is 5.56 Å². The van der Waals surface area contributed by atoms with Crippen molar-refractivity contribution in [2.24, 2.45) is 0 Å². The average Bonchev–Trinajstić information content (AvgIpc) is 3.13. The van der Waals surface area contributed by atoms with Gasteiger partial charge in [0.05, 0.1) is 22.3 Å². The molecule has 0 saturated carbocycles. The number of aryl methyl sites for hydroxylation is 1. The van der Waals surface area contributed by atoms with Gasteiger partial charge in [-0.25, -0.2) is 0 Å². The van der Waals surface area contributed by atoms with Gasteiger partial charge in [-0.3, -0.25) is 9.36 Å². The molecule has 0 aliphatic rings. The third-order valence-electron chi connectivity index (χ3n) is 4.64. The molecule has 1 N–H and O–H groups in total. The zero-order chi connectivity index (χ0) is 19.0. The van der Waals surface area contributed by atoms with Crippen LogP contribution in [0.4, 0.5) is 0 Å². The summed E-state index contributed by atoms with van der Waals surface area (Å²) < 4.78 is 2.24. The highest BCUT2D eigenvalue weighted by Crippen LogP contribution is 2.41. The first-order valence-corrected chi connectivity index (χ1v) is 9.37. The Morgan fingerprint density at radius 1 is 1.11 bits per heavy atom. The second-order valence-electron chi connectivity index (χ2n) is 6.32. The van der Waals surface area contributed by atoms with Crippen LogP contribution in [0.3, 0.4) is 0 Å². The van der Waals surface area contributed by atoms with E-state index in [1.165, 1.54) is 11.3 Å². The van der Waals surface area contributed by atoms with Crippen molar-refractivity contribution in [3.8, 4) is 39.7 Å². The Balaban J connectivity index is 2.08. The van der Waals surface area contributed by atoms with Crippen molar-refractivity contribution in [1.29, 1.82) is 0 Å². The summed E-state index contributed by atoms with van der Waals surface area (Å²) in [6, 6.07) is 19.4. The maximum absolute atomic E-state index is 13.2. The average molecular weight is 371 g/mol. The van der Waals surface area contributed by atoms with E-state index in [9.17, 15) is 9.90 Å². The van der Waals surface area contributed by atoms with Gasteiger partial charge in [0, 0.05) is 4.88 Å². The second kappa shape index (κ2) is 6.79. The van der Waals surface area contributed by atoms with Crippen molar-refractivity contribution in [1.82, 2.24) is 4.57 Å². The molecule has 4 heteroatoms. The van der Waals surface area contributed by atoms with Gasteiger partial charge in [-0.2, -0.15) is 0 Å². The molecular formula is C23H17NO2S. The van der Waals surface area contributed by atoms with Crippen LogP contribution in [0.1, 0.15) is 5.56 Å². The molecule has 0 unspecified atom stereocenters. The van der Waals surface area contributed by atoms with Crippen molar-refractivity contribution in [2.45, 2.75) is 13.5 Å². The van der Waals surface area contributed by atoms with Crippen molar-refractivity contribution in [3.05, 3.63) is 76.6 Å². The van der Waals surface area contributed by atoms with E-state index in [0.29, 0.717) is 15.8 Å². The van der Waals surface area contributed by atoms with Crippen LogP contribution in [-0.4, -0.2) is 9.67 Å². The number of thiophene rings is 1. The third kappa shape index (κ3) is 2.83. The highest BCUT2D eigenvalue weighted by molar-refractivity contribution is 7.22. The van der Waals surface area contributed by atoms with Gasteiger partial charge in [-0.1, -0.05) is 60.5 Å². The lowest BCUT2D eigenvalue weighted by Gasteiger charge is -2.12. The van der Waals surface area contributed by atoms with Crippen molar-refractivity contribution in [3.63, 3.8) is 0 Å². The number of fused-ring (bicyclic) bond motifs is 1. The molecule has 0 bridgehead atoms. The van der Waals surface area contributed by atoms with Crippen LogP contribution in [0, 0.1) is 19.3 Å². The molecule has 0 radical (unpaired) electrons. The van der Waals surface area contributed by atoms with Gasteiger partial charge >= 0.3 is 0 Å². The molecular weight excluding hydrogens is 354 g/mol. The first-order chi connectivity index (χ1) is 13.1. The Morgan fingerprint density at radius 3 is 2.52 bits per heavy atom. The summed E-state index contributed by atoms with van der Waals surface area (Å²) in [4.78, 5) is 14.2. The predicted molar refractivity (Wildman–Crippen MR) is 112 cm³/mol. The van der Waals surface area contributed by atoms with Gasteiger partial charge in [0.1, 0.15) is 5.75 Å². The molecule has 0 amide bonds. The fourth-order valence-electron chi connectivity index (χ4n) is 3.30. The Hall–Kier alpha value is -3.29. The van der Waals surface area contributed by atoms with Gasteiger partial charge in [0.15, 0.2) is 0 Å². The number of aromatic hydroxyl groups is 1. The summed E-state index contributed by atoms with van der Waals surface area (Å²) in [6.45, 7) is 2.08. The Bertz CT molecular complexity index is 1240. The van der Waals surface area contributed by atoms with Crippen molar-refractivity contribution in [2.75, 3.05) is 0 Å². The van der Waals surface area contributed by atoms with E-state index in [0.717, 1.165) is 21.6 Å². The van der Waals surface area contributed by atoms with Gasteiger partial charge in [0.2, 0.25) is 0 Å². The molecule has 2 aromatic heterocycles. The molecule has 0 spiro atoms. The molecule has 0 saturated heterocycles. The maximum atomic E-state index is 13.2. The molecule has 4 aromatic rings. The lowest BCUT2D eigenvalue weighted by molar-refractivity contribution is 0.482. The Kier molecular flexibility index (Phi) is 4.31. The Labute approximate surface area is 161 Å². The van der Waals surface area contributed by atoms with Gasteiger partial charge in [0.25, 0.3) is 5.56 Å². The van der Waals surface area contributed by atoms with Gasteiger partial charge in [-0.05, 0) is 29.7 Å². The molecule has 0 atom stereocenters. The fourth-order valence-corrected chi connectivity index (χ4v) is 4.42. The molecule has 0 aliphatic carbocycles.